The molecule has 0 atom stereocenters. The average Bonchev–Trinajstić information content (AvgIpc) is 3.14. The van der Waals surface area contributed by atoms with E-state index in [0.717, 1.165) is 4.47 Å². The van der Waals surface area contributed by atoms with Gasteiger partial charge >= 0.3 is 0 Å². The second kappa shape index (κ2) is 6.16. The Morgan fingerprint density at radius 3 is 2.04 bits per heavy atom. The lowest BCUT2D eigenvalue weighted by molar-refractivity contribution is 1.62. The molecule has 0 spiro atoms. The molecule has 0 radical (unpaired) electrons. The fourth-order valence-corrected chi connectivity index (χ4v) is 5.75. The summed E-state index contributed by atoms with van der Waals surface area (Å²) in [6.07, 6.45) is 0. The second-order valence-electron chi connectivity index (χ2n) is 7.12. The molecule has 0 aliphatic rings. The topological polar surface area (TPSA) is 0 Å². The van der Waals surface area contributed by atoms with Crippen LogP contribution in [0.25, 0.3) is 52.8 Å². The summed E-state index contributed by atoms with van der Waals surface area (Å²) in [4.78, 5) is 0. The van der Waals surface area contributed by atoms with E-state index in [1.165, 1.54) is 52.8 Å². The minimum Gasteiger partial charge on any atom is -0.135 e. The molecular weight excluding hydrogens is 424 g/mol. The predicted octanol–water partition coefficient (Wildman–Crippen LogP) is 8.79. The van der Waals surface area contributed by atoms with Crippen LogP contribution < -0.4 is 0 Å². The predicted molar refractivity (Wildman–Crippen MR) is 127 cm³/mol. The Hall–Kier alpha value is -2.68. The van der Waals surface area contributed by atoms with Crippen LogP contribution in [0.15, 0.2) is 95.5 Å². The van der Waals surface area contributed by atoms with Gasteiger partial charge in [0.2, 0.25) is 0 Å². The zero-order chi connectivity index (χ0) is 18.7. The van der Waals surface area contributed by atoms with Crippen molar-refractivity contribution in [1.29, 1.82) is 0 Å². The molecular formula is C26H15BrS. The van der Waals surface area contributed by atoms with Crippen LogP contribution in [0.5, 0.6) is 0 Å². The summed E-state index contributed by atoms with van der Waals surface area (Å²) in [6, 6.07) is 33.0. The van der Waals surface area contributed by atoms with E-state index in [0.29, 0.717) is 0 Å². The van der Waals surface area contributed by atoms with Gasteiger partial charge in [-0.1, -0.05) is 82.7 Å². The van der Waals surface area contributed by atoms with Crippen molar-refractivity contribution in [2.24, 2.45) is 0 Å². The highest BCUT2D eigenvalue weighted by Gasteiger charge is 2.14. The van der Waals surface area contributed by atoms with E-state index >= 15 is 0 Å². The van der Waals surface area contributed by atoms with Gasteiger partial charge in [-0.2, -0.15) is 0 Å². The van der Waals surface area contributed by atoms with Gasteiger partial charge in [-0.3, -0.25) is 0 Å². The van der Waals surface area contributed by atoms with Gasteiger partial charge in [0.1, 0.15) is 0 Å². The van der Waals surface area contributed by atoms with Crippen molar-refractivity contribution >= 4 is 69.0 Å². The molecule has 0 saturated heterocycles. The summed E-state index contributed by atoms with van der Waals surface area (Å²) in [5, 5.41) is 8.09. The first kappa shape index (κ1) is 16.3. The van der Waals surface area contributed by atoms with Crippen molar-refractivity contribution in [3.05, 3.63) is 95.5 Å². The molecule has 1 heterocycles. The van der Waals surface area contributed by atoms with Crippen molar-refractivity contribution in [2.75, 3.05) is 0 Å². The molecule has 2 heteroatoms. The van der Waals surface area contributed by atoms with E-state index < -0.39 is 0 Å². The number of benzene rings is 5. The van der Waals surface area contributed by atoms with Crippen molar-refractivity contribution < 1.29 is 0 Å². The third kappa shape index (κ3) is 2.35. The summed E-state index contributed by atoms with van der Waals surface area (Å²) >= 11 is 5.44. The maximum Gasteiger partial charge on any atom is 0.0440 e. The van der Waals surface area contributed by atoms with E-state index in [9.17, 15) is 0 Å². The van der Waals surface area contributed by atoms with Gasteiger partial charge < -0.3 is 0 Å². The van der Waals surface area contributed by atoms with Gasteiger partial charge in [0.15, 0.2) is 0 Å². The fourth-order valence-electron chi connectivity index (χ4n) is 4.23. The zero-order valence-electron chi connectivity index (χ0n) is 14.9. The molecule has 6 aromatic rings. The molecule has 0 bridgehead atoms. The van der Waals surface area contributed by atoms with Crippen molar-refractivity contribution in [3.8, 4) is 11.1 Å². The van der Waals surface area contributed by atoms with E-state index in [4.69, 9.17) is 0 Å². The van der Waals surface area contributed by atoms with Crippen LogP contribution in [0, 0.1) is 0 Å². The molecule has 6 rings (SSSR count). The molecule has 0 N–H and O–H groups in total. The third-order valence-corrected chi connectivity index (χ3v) is 7.26. The van der Waals surface area contributed by atoms with Gasteiger partial charge in [-0.25, -0.2) is 0 Å². The van der Waals surface area contributed by atoms with Crippen LogP contribution in [0.2, 0.25) is 0 Å². The van der Waals surface area contributed by atoms with Crippen LogP contribution in [0.4, 0.5) is 0 Å². The summed E-state index contributed by atoms with van der Waals surface area (Å²) in [5.74, 6) is 0. The van der Waals surface area contributed by atoms with Gasteiger partial charge in [0.25, 0.3) is 0 Å². The number of halogens is 1. The highest BCUT2D eigenvalue weighted by Crippen LogP contribution is 2.44. The van der Waals surface area contributed by atoms with Gasteiger partial charge in [0, 0.05) is 30.0 Å². The van der Waals surface area contributed by atoms with Crippen molar-refractivity contribution in [1.82, 2.24) is 0 Å². The van der Waals surface area contributed by atoms with Gasteiger partial charge in [-0.15, -0.1) is 11.3 Å². The molecule has 132 valence electrons. The lowest BCUT2D eigenvalue weighted by Crippen LogP contribution is -1.83. The van der Waals surface area contributed by atoms with E-state index in [1.54, 1.807) is 0 Å². The first-order valence-electron chi connectivity index (χ1n) is 9.31. The normalized spacial score (nSPS) is 11.8. The lowest BCUT2D eigenvalue weighted by Gasteiger charge is -2.10. The molecule has 0 aliphatic heterocycles. The maximum absolute atomic E-state index is 3.54. The Morgan fingerprint density at radius 1 is 0.536 bits per heavy atom. The van der Waals surface area contributed by atoms with Crippen LogP contribution in [0.1, 0.15) is 0 Å². The van der Waals surface area contributed by atoms with Gasteiger partial charge in [-0.05, 0) is 51.6 Å². The molecule has 0 nitrogen and oxygen atoms in total. The van der Waals surface area contributed by atoms with Crippen molar-refractivity contribution in [3.63, 3.8) is 0 Å². The summed E-state index contributed by atoms with van der Waals surface area (Å²) < 4.78 is 3.85. The van der Waals surface area contributed by atoms with Crippen LogP contribution in [-0.2, 0) is 0 Å². The Balaban J connectivity index is 1.79. The monoisotopic (exact) mass is 438 g/mol. The Bertz CT molecular complexity index is 1510. The first-order valence-corrected chi connectivity index (χ1v) is 10.9. The van der Waals surface area contributed by atoms with E-state index in [2.05, 4.69) is 107 Å². The van der Waals surface area contributed by atoms with E-state index in [1.807, 2.05) is 11.3 Å². The highest BCUT2D eigenvalue weighted by atomic mass is 79.9. The number of fused-ring (bicyclic) bond motifs is 8. The summed E-state index contributed by atoms with van der Waals surface area (Å²) in [6.45, 7) is 0. The summed E-state index contributed by atoms with van der Waals surface area (Å²) in [7, 11) is 0. The van der Waals surface area contributed by atoms with E-state index in [-0.39, 0.29) is 0 Å². The molecule has 1 aromatic heterocycles. The number of hydrogen-bond acceptors (Lipinski definition) is 1. The van der Waals surface area contributed by atoms with Crippen molar-refractivity contribution in [2.45, 2.75) is 0 Å². The minimum absolute atomic E-state index is 1.11. The third-order valence-electron chi connectivity index (χ3n) is 5.52. The molecule has 28 heavy (non-hydrogen) atoms. The molecule has 0 amide bonds. The Morgan fingerprint density at radius 2 is 1.21 bits per heavy atom. The molecule has 0 saturated carbocycles. The van der Waals surface area contributed by atoms with Crippen LogP contribution in [0.3, 0.4) is 0 Å². The quantitative estimate of drug-likeness (QED) is 0.225. The standard InChI is InChI=1S/C26H15BrS/c27-18-12-9-16(10-13-18)17-11-14-21-23(15-17)19-5-1-2-6-20(19)25-22-7-3-4-8-24(22)28-26(21)25/h1-15H. The highest BCUT2D eigenvalue weighted by molar-refractivity contribution is 9.10. The minimum atomic E-state index is 1.11. The Kier molecular flexibility index (Phi) is 3.59. The maximum atomic E-state index is 3.54. The number of rotatable bonds is 1. The average molecular weight is 439 g/mol. The molecule has 0 aliphatic carbocycles. The molecule has 0 unspecified atom stereocenters. The number of hydrogen-bond donors (Lipinski definition) is 0. The Labute approximate surface area is 175 Å². The molecule has 5 aromatic carbocycles. The second-order valence-corrected chi connectivity index (χ2v) is 9.08. The van der Waals surface area contributed by atoms with Crippen LogP contribution >= 0.6 is 27.3 Å². The SMILES string of the molecule is Brc1ccc(-c2ccc3c(c2)c2ccccc2c2c4ccccc4sc32)cc1. The smallest absolute Gasteiger partial charge is 0.0440 e. The zero-order valence-corrected chi connectivity index (χ0v) is 17.3. The summed E-state index contributed by atoms with van der Waals surface area (Å²) in [5.41, 5.74) is 2.50. The largest absolute Gasteiger partial charge is 0.135 e. The fraction of sp³-hybridized carbons (Fsp3) is 0. The van der Waals surface area contributed by atoms with Crippen LogP contribution in [-0.4, -0.2) is 0 Å². The molecule has 0 fully saturated rings. The van der Waals surface area contributed by atoms with Gasteiger partial charge in [0.05, 0.1) is 0 Å². The lowest BCUT2D eigenvalue weighted by atomic mass is 9.94. The first-order chi connectivity index (χ1) is 13.8. The number of thiophene rings is 1.